The Morgan fingerprint density at radius 3 is 2.64 bits per heavy atom. The summed E-state index contributed by atoms with van der Waals surface area (Å²) in [6.45, 7) is 0. The molecule has 0 aromatic carbocycles. The number of aromatic nitrogens is 1. The molecule has 1 rings (SSSR count). The zero-order valence-electron chi connectivity index (χ0n) is 5.57. The lowest BCUT2D eigenvalue weighted by molar-refractivity contribution is 0.597. The summed E-state index contributed by atoms with van der Waals surface area (Å²) in [4.78, 5) is 3.70. The van der Waals surface area contributed by atoms with Crippen molar-refractivity contribution in [3.63, 3.8) is 0 Å². The van der Waals surface area contributed by atoms with Gasteiger partial charge in [-0.3, -0.25) is 0 Å². The molecule has 0 N–H and O–H groups in total. The van der Waals surface area contributed by atoms with Crippen molar-refractivity contribution >= 4 is 25.8 Å². The van der Waals surface area contributed by atoms with Crippen LogP contribution in [0.15, 0.2) is 29.4 Å². The monoisotopic (exact) mass is 235 g/mol. The second kappa shape index (κ2) is 3.32. The van der Waals surface area contributed by atoms with E-state index in [-0.39, 0.29) is 9.69 Å². The van der Waals surface area contributed by atoms with E-state index in [1.165, 1.54) is 12.3 Å². The van der Waals surface area contributed by atoms with Crippen molar-refractivity contribution in [2.75, 3.05) is 4.66 Å². The van der Waals surface area contributed by atoms with Gasteiger partial charge in [0, 0.05) is 6.20 Å². The molecule has 3 nitrogen and oxygen atoms in total. The van der Waals surface area contributed by atoms with E-state index in [9.17, 15) is 8.42 Å². The summed E-state index contributed by atoms with van der Waals surface area (Å²) in [5, 5.41) is 0.108. The predicted molar refractivity (Wildman–Crippen MR) is 45.2 cm³/mol. The molecule has 0 bridgehead atoms. The number of pyridine rings is 1. The van der Waals surface area contributed by atoms with Gasteiger partial charge in [0.1, 0.15) is 4.66 Å². The number of hydrogen-bond acceptors (Lipinski definition) is 3. The first-order chi connectivity index (χ1) is 5.17. The average Bonchev–Trinajstić information content (AvgIpc) is 2.06. The van der Waals surface area contributed by atoms with Crippen LogP contribution in [0.4, 0.5) is 0 Å². The van der Waals surface area contributed by atoms with Crippen molar-refractivity contribution in [3.8, 4) is 0 Å². The molecule has 0 atom stereocenters. The molecule has 5 heteroatoms. The van der Waals surface area contributed by atoms with Gasteiger partial charge in [-0.15, -0.1) is 0 Å². The van der Waals surface area contributed by atoms with Crippen LogP contribution in [0.5, 0.6) is 0 Å². The van der Waals surface area contributed by atoms with Crippen LogP contribution < -0.4 is 0 Å². The van der Waals surface area contributed by atoms with Crippen molar-refractivity contribution in [2.45, 2.75) is 5.03 Å². The lowest BCUT2D eigenvalue weighted by Crippen LogP contribution is -2.03. The van der Waals surface area contributed by atoms with Crippen LogP contribution in [-0.2, 0) is 9.84 Å². The Labute approximate surface area is 73.5 Å². The summed E-state index contributed by atoms with van der Waals surface area (Å²) in [5.41, 5.74) is 0. The fourth-order valence-electron chi connectivity index (χ4n) is 0.587. The number of halogens is 1. The van der Waals surface area contributed by atoms with E-state index >= 15 is 0 Å². The molecule has 0 fully saturated rings. The van der Waals surface area contributed by atoms with Gasteiger partial charge in [0.05, 0.1) is 0 Å². The predicted octanol–water partition coefficient (Wildman–Crippen LogP) is 1.21. The van der Waals surface area contributed by atoms with Gasteiger partial charge >= 0.3 is 0 Å². The topological polar surface area (TPSA) is 47.0 Å². The third kappa shape index (κ3) is 2.00. The maximum absolute atomic E-state index is 11.1. The van der Waals surface area contributed by atoms with Crippen LogP contribution in [0.2, 0.25) is 0 Å². The van der Waals surface area contributed by atoms with Gasteiger partial charge in [0.2, 0.25) is 9.84 Å². The van der Waals surface area contributed by atoms with Gasteiger partial charge in [-0.1, -0.05) is 22.0 Å². The molecule has 1 aromatic heterocycles. The molecule has 0 aliphatic rings. The number of hydrogen-bond donors (Lipinski definition) is 0. The highest BCUT2D eigenvalue weighted by molar-refractivity contribution is 9.10. The maximum Gasteiger partial charge on any atom is 0.205 e. The first-order valence-electron chi connectivity index (χ1n) is 2.86. The minimum absolute atomic E-state index is 0.0863. The number of sulfone groups is 1. The Morgan fingerprint density at radius 2 is 2.18 bits per heavy atom. The highest BCUT2D eigenvalue weighted by Crippen LogP contribution is 2.08. The van der Waals surface area contributed by atoms with Crippen LogP contribution in [0.3, 0.4) is 0 Å². The second-order valence-electron chi connectivity index (χ2n) is 1.89. The fraction of sp³-hybridized carbons (Fsp3) is 0.167. The Kier molecular flexibility index (Phi) is 2.62. The van der Waals surface area contributed by atoms with Crippen LogP contribution in [-0.4, -0.2) is 18.1 Å². The minimum atomic E-state index is -3.19. The van der Waals surface area contributed by atoms with E-state index in [2.05, 4.69) is 20.9 Å². The standard InChI is InChI=1S/C6H6BrNO2S/c7-5-11(9,10)6-3-1-2-4-8-6/h1-4H,5H2. The zero-order valence-corrected chi connectivity index (χ0v) is 7.97. The van der Waals surface area contributed by atoms with Crippen LogP contribution in [0.25, 0.3) is 0 Å². The minimum Gasteiger partial charge on any atom is -0.245 e. The van der Waals surface area contributed by atoms with Crippen LogP contribution in [0.1, 0.15) is 0 Å². The van der Waals surface area contributed by atoms with Crippen molar-refractivity contribution in [3.05, 3.63) is 24.4 Å². The van der Waals surface area contributed by atoms with Crippen LogP contribution >= 0.6 is 15.9 Å². The molecule has 0 aliphatic carbocycles. The molecule has 1 heterocycles. The molecule has 0 aliphatic heterocycles. The van der Waals surface area contributed by atoms with Crippen molar-refractivity contribution in [2.24, 2.45) is 0 Å². The Balaban J connectivity index is 3.14. The summed E-state index contributed by atoms with van der Waals surface area (Å²) in [7, 11) is -3.19. The van der Waals surface area contributed by atoms with Crippen molar-refractivity contribution in [1.82, 2.24) is 4.98 Å². The summed E-state index contributed by atoms with van der Waals surface area (Å²) in [6, 6.07) is 4.78. The fourth-order valence-corrected chi connectivity index (χ4v) is 1.91. The number of rotatable bonds is 2. The van der Waals surface area contributed by atoms with Gasteiger partial charge in [-0.2, -0.15) is 0 Å². The van der Waals surface area contributed by atoms with E-state index in [1.54, 1.807) is 12.1 Å². The van der Waals surface area contributed by atoms with Gasteiger partial charge in [0.25, 0.3) is 0 Å². The molecule has 0 unspecified atom stereocenters. The van der Waals surface area contributed by atoms with Gasteiger partial charge in [-0.05, 0) is 12.1 Å². The quantitative estimate of drug-likeness (QED) is 0.725. The van der Waals surface area contributed by atoms with E-state index in [0.717, 1.165) is 0 Å². The van der Waals surface area contributed by atoms with E-state index in [1.807, 2.05) is 0 Å². The molecular formula is C6H6BrNO2S. The molecule has 0 saturated heterocycles. The lowest BCUT2D eigenvalue weighted by atomic mass is 10.5. The highest BCUT2D eigenvalue weighted by Gasteiger charge is 2.11. The lowest BCUT2D eigenvalue weighted by Gasteiger charge is -1.96. The molecule has 60 valence electrons. The molecule has 1 aromatic rings. The van der Waals surface area contributed by atoms with E-state index in [4.69, 9.17) is 0 Å². The van der Waals surface area contributed by atoms with Crippen LogP contribution in [0, 0.1) is 0 Å². The molecule has 0 amide bonds. The first kappa shape index (κ1) is 8.67. The first-order valence-corrected chi connectivity index (χ1v) is 5.64. The summed E-state index contributed by atoms with van der Waals surface area (Å²) < 4.78 is 22.1. The van der Waals surface area contributed by atoms with Gasteiger partial charge in [-0.25, -0.2) is 13.4 Å². The third-order valence-electron chi connectivity index (χ3n) is 1.10. The zero-order chi connectivity index (χ0) is 8.32. The number of alkyl halides is 1. The normalized spacial score (nSPS) is 11.4. The van der Waals surface area contributed by atoms with E-state index < -0.39 is 9.84 Å². The summed E-state index contributed by atoms with van der Waals surface area (Å²) in [5.74, 6) is 0. The third-order valence-corrected chi connectivity index (χ3v) is 4.07. The molecule has 0 spiro atoms. The second-order valence-corrected chi connectivity index (χ2v) is 5.13. The Bertz CT molecular complexity index is 322. The Hall–Kier alpha value is -0.420. The van der Waals surface area contributed by atoms with Crippen molar-refractivity contribution in [1.29, 1.82) is 0 Å². The maximum atomic E-state index is 11.1. The SMILES string of the molecule is O=S(=O)(CBr)c1ccccn1. The summed E-state index contributed by atoms with van der Waals surface area (Å²) >= 11 is 2.88. The molecule has 0 saturated carbocycles. The molecular weight excluding hydrogens is 230 g/mol. The average molecular weight is 236 g/mol. The largest absolute Gasteiger partial charge is 0.245 e. The Morgan fingerprint density at radius 1 is 1.45 bits per heavy atom. The highest BCUT2D eigenvalue weighted by atomic mass is 79.9. The van der Waals surface area contributed by atoms with E-state index in [0.29, 0.717) is 0 Å². The number of nitrogens with zero attached hydrogens (tertiary/aromatic N) is 1. The molecule has 0 radical (unpaired) electrons. The van der Waals surface area contributed by atoms with Gasteiger partial charge < -0.3 is 0 Å². The van der Waals surface area contributed by atoms with Gasteiger partial charge in [0.15, 0.2) is 5.03 Å². The smallest absolute Gasteiger partial charge is 0.205 e. The van der Waals surface area contributed by atoms with Crippen molar-refractivity contribution < 1.29 is 8.42 Å². The summed E-state index contributed by atoms with van der Waals surface area (Å²) in [6.07, 6.45) is 1.45. The molecule has 11 heavy (non-hydrogen) atoms.